The van der Waals surface area contributed by atoms with E-state index in [2.05, 4.69) is 27.5 Å². The van der Waals surface area contributed by atoms with Crippen LogP contribution in [0.5, 0.6) is 0 Å². The van der Waals surface area contributed by atoms with E-state index in [4.69, 9.17) is 0 Å². The van der Waals surface area contributed by atoms with Gasteiger partial charge in [0.05, 0.1) is 5.01 Å². The standard InChI is InChI=1S/C15H20N4OS/c1-3-5-13-19-12(10-21-13)15(20)18-9-8-17-14-11(2)6-4-7-16-14/h4,6-7,10H,3,5,8-9H2,1-2H3,(H,16,17)(H,18,20). The maximum atomic E-state index is 11.9. The number of hydrogen-bond donors (Lipinski definition) is 2. The summed E-state index contributed by atoms with van der Waals surface area (Å²) in [5, 5.41) is 8.90. The van der Waals surface area contributed by atoms with Gasteiger partial charge in [0.25, 0.3) is 5.91 Å². The zero-order valence-electron chi connectivity index (χ0n) is 12.3. The number of carbonyl (C=O) groups excluding carboxylic acids is 1. The molecule has 0 aliphatic heterocycles. The topological polar surface area (TPSA) is 66.9 Å². The molecule has 0 bridgehead atoms. The molecule has 1 amide bonds. The minimum absolute atomic E-state index is 0.117. The maximum Gasteiger partial charge on any atom is 0.270 e. The highest BCUT2D eigenvalue weighted by atomic mass is 32.1. The highest BCUT2D eigenvalue weighted by Gasteiger charge is 2.09. The molecule has 21 heavy (non-hydrogen) atoms. The molecule has 0 saturated carbocycles. The average molecular weight is 304 g/mol. The Bertz CT molecular complexity index is 597. The number of amides is 1. The summed E-state index contributed by atoms with van der Waals surface area (Å²) in [6.07, 6.45) is 3.72. The van der Waals surface area contributed by atoms with Gasteiger partial charge in [0.2, 0.25) is 0 Å². The smallest absolute Gasteiger partial charge is 0.270 e. The summed E-state index contributed by atoms with van der Waals surface area (Å²) in [7, 11) is 0. The van der Waals surface area contributed by atoms with Crippen LogP contribution >= 0.6 is 11.3 Å². The van der Waals surface area contributed by atoms with Gasteiger partial charge in [-0.2, -0.15) is 0 Å². The highest BCUT2D eigenvalue weighted by Crippen LogP contribution is 2.11. The van der Waals surface area contributed by atoms with Crippen molar-refractivity contribution in [1.82, 2.24) is 15.3 Å². The van der Waals surface area contributed by atoms with E-state index >= 15 is 0 Å². The van der Waals surface area contributed by atoms with Gasteiger partial charge in [0, 0.05) is 24.7 Å². The predicted octanol–water partition coefficient (Wildman–Crippen LogP) is 2.64. The van der Waals surface area contributed by atoms with E-state index < -0.39 is 0 Å². The van der Waals surface area contributed by atoms with Crippen molar-refractivity contribution in [2.24, 2.45) is 0 Å². The molecule has 2 rings (SSSR count). The molecule has 0 spiro atoms. The highest BCUT2D eigenvalue weighted by molar-refractivity contribution is 7.09. The third-order valence-electron chi connectivity index (χ3n) is 2.96. The summed E-state index contributed by atoms with van der Waals surface area (Å²) in [4.78, 5) is 20.5. The summed E-state index contributed by atoms with van der Waals surface area (Å²) in [6.45, 7) is 5.27. The van der Waals surface area contributed by atoms with Crippen molar-refractivity contribution >= 4 is 23.1 Å². The quantitative estimate of drug-likeness (QED) is 0.772. The van der Waals surface area contributed by atoms with E-state index in [1.165, 1.54) is 0 Å². The van der Waals surface area contributed by atoms with E-state index in [9.17, 15) is 4.79 Å². The van der Waals surface area contributed by atoms with Crippen LogP contribution in [0.1, 0.15) is 34.4 Å². The Morgan fingerprint density at radius 1 is 1.38 bits per heavy atom. The van der Waals surface area contributed by atoms with E-state index in [1.54, 1.807) is 17.5 Å². The van der Waals surface area contributed by atoms with Gasteiger partial charge in [-0.15, -0.1) is 11.3 Å². The number of anilines is 1. The number of nitrogens with zero attached hydrogens (tertiary/aromatic N) is 2. The molecule has 2 aromatic heterocycles. The molecule has 5 nitrogen and oxygen atoms in total. The second kappa shape index (κ2) is 7.73. The van der Waals surface area contributed by atoms with Gasteiger partial charge in [-0.05, 0) is 31.4 Å². The fourth-order valence-corrected chi connectivity index (χ4v) is 2.74. The molecule has 6 heteroatoms. The third-order valence-corrected chi connectivity index (χ3v) is 3.87. The Balaban J connectivity index is 1.75. The molecular formula is C15H20N4OS. The number of thiazole rings is 1. The third kappa shape index (κ3) is 4.53. The number of aromatic nitrogens is 2. The lowest BCUT2D eigenvalue weighted by Gasteiger charge is -2.08. The summed E-state index contributed by atoms with van der Waals surface area (Å²) >= 11 is 1.54. The van der Waals surface area contributed by atoms with Crippen LogP contribution in [0.25, 0.3) is 0 Å². The first-order valence-electron chi connectivity index (χ1n) is 7.08. The number of hydrogen-bond acceptors (Lipinski definition) is 5. The Morgan fingerprint density at radius 3 is 3.00 bits per heavy atom. The molecular weight excluding hydrogens is 284 g/mol. The molecule has 0 aromatic carbocycles. The van der Waals surface area contributed by atoms with Gasteiger partial charge in [0.1, 0.15) is 11.5 Å². The SMILES string of the molecule is CCCc1nc(C(=O)NCCNc2ncccc2C)cs1. The minimum Gasteiger partial charge on any atom is -0.368 e. The fraction of sp³-hybridized carbons (Fsp3) is 0.400. The zero-order chi connectivity index (χ0) is 15.1. The van der Waals surface area contributed by atoms with Gasteiger partial charge in [-0.25, -0.2) is 9.97 Å². The molecule has 2 N–H and O–H groups in total. The van der Waals surface area contributed by atoms with Gasteiger partial charge in [-0.3, -0.25) is 4.79 Å². The van der Waals surface area contributed by atoms with Crippen LogP contribution in [0.3, 0.4) is 0 Å². The summed E-state index contributed by atoms with van der Waals surface area (Å²) < 4.78 is 0. The summed E-state index contributed by atoms with van der Waals surface area (Å²) in [6, 6.07) is 3.90. The number of rotatable bonds is 7. The molecule has 112 valence electrons. The van der Waals surface area contributed by atoms with Crippen molar-refractivity contribution in [1.29, 1.82) is 0 Å². The Morgan fingerprint density at radius 2 is 2.24 bits per heavy atom. The molecule has 0 aliphatic carbocycles. The largest absolute Gasteiger partial charge is 0.368 e. The number of aryl methyl sites for hydroxylation is 2. The van der Waals surface area contributed by atoms with E-state index in [0.717, 1.165) is 29.2 Å². The summed E-state index contributed by atoms with van der Waals surface area (Å²) in [5.74, 6) is 0.735. The monoisotopic (exact) mass is 304 g/mol. The van der Waals surface area contributed by atoms with Crippen molar-refractivity contribution in [2.75, 3.05) is 18.4 Å². The molecule has 2 heterocycles. The van der Waals surface area contributed by atoms with Gasteiger partial charge < -0.3 is 10.6 Å². The van der Waals surface area contributed by atoms with Crippen molar-refractivity contribution in [3.05, 3.63) is 40.0 Å². The predicted molar refractivity (Wildman–Crippen MR) is 85.9 cm³/mol. The average Bonchev–Trinajstić information content (AvgIpc) is 2.94. The van der Waals surface area contributed by atoms with Crippen LogP contribution in [-0.2, 0) is 6.42 Å². The van der Waals surface area contributed by atoms with Crippen molar-refractivity contribution in [3.8, 4) is 0 Å². The molecule has 0 aliphatic rings. The first-order valence-corrected chi connectivity index (χ1v) is 7.96. The van der Waals surface area contributed by atoms with Gasteiger partial charge in [0.15, 0.2) is 0 Å². The molecule has 0 atom stereocenters. The zero-order valence-corrected chi connectivity index (χ0v) is 13.2. The first-order chi connectivity index (χ1) is 10.2. The Hall–Kier alpha value is -1.95. The number of pyridine rings is 1. The van der Waals surface area contributed by atoms with Gasteiger partial charge >= 0.3 is 0 Å². The van der Waals surface area contributed by atoms with Crippen LogP contribution in [-0.4, -0.2) is 29.0 Å². The molecule has 0 fully saturated rings. The fourth-order valence-electron chi connectivity index (χ4n) is 1.86. The van der Waals surface area contributed by atoms with Crippen LogP contribution in [0, 0.1) is 6.92 Å². The molecule has 0 unspecified atom stereocenters. The lowest BCUT2D eigenvalue weighted by atomic mass is 10.3. The number of nitrogens with one attached hydrogen (secondary N) is 2. The summed E-state index contributed by atoms with van der Waals surface area (Å²) in [5.41, 5.74) is 1.60. The van der Waals surface area contributed by atoms with Crippen LogP contribution < -0.4 is 10.6 Å². The van der Waals surface area contributed by atoms with E-state index in [0.29, 0.717) is 18.8 Å². The minimum atomic E-state index is -0.117. The lowest BCUT2D eigenvalue weighted by molar-refractivity contribution is 0.0950. The first kappa shape index (κ1) is 15.4. The van der Waals surface area contributed by atoms with Crippen molar-refractivity contribution < 1.29 is 4.79 Å². The maximum absolute atomic E-state index is 11.9. The Kier molecular flexibility index (Phi) is 5.68. The molecule has 0 radical (unpaired) electrons. The lowest BCUT2D eigenvalue weighted by Crippen LogP contribution is -2.29. The van der Waals surface area contributed by atoms with Crippen molar-refractivity contribution in [2.45, 2.75) is 26.7 Å². The molecule has 0 saturated heterocycles. The van der Waals surface area contributed by atoms with E-state index in [1.807, 2.05) is 24.4 Å². The second-order valence-corrected chi connectivity index (χ2v) is 5.67. The van der Waals surface area contributed by atoms with Gasteiger partial charge in [-0.1, -0.05) is 13.0 Å². The van der Waals surface area contributed by atoms with Crippen LogP contribution in [0.15, 0.2) is 23.7 Å². The Labute approximate surface area is 128 Å². The van der Waals surface area contributed by atoms with E-state index in [-0.39, 0.29) is 5.91 Å². The molecule has 2 aromatic rings. The second-order valence-electron chi connectivity index (χ2n) is 4.73. The van der Waals surface area contributed by atoms with Crippen LogP contribution in [0.4, 0.5) is 5.82 Å². The van der Waals surface area contributed by atoms with Crippen molar-refractivity contribution in [3.63, 3.8) is 0 Å². The normalized spacial score (nSPS) is 10.4. The number of carbonyl (C=O) groups is 1. The van der Waals surface area contributed by atoms with Crippen LogP contribution in [0.2, 0.25) is 0 Å².